The molecular weight excluding hydrogens is 334 g/mol. The largest absolute Gasteiger partial charge is 0.497 e. The Bertz CT molecular complexity index is 798. The first-order chi connectivity index (χ1) is 11.9. The molecular formula is C19H21N3O2S. The second-order valence-electron chi connectivity index (χ2n) is 5.70. The van der Waals surface area contributed by atoms with E-state index in [0.29, 0.717) is 17.1 Å². The van der Waals surface area contributed by atoms with E-state index in [2.05, 4.69) is 16.4 Å². The molecule has 1 aromatic heterocycles. The van der Waals surface area contributed by atoms with Crippen LogP contribution in [0, 0.1) is 25.2 Å². The maximum Gasteiger partial charge on any atom is 0.233 e. The average molecular weight is 355 g/mol. The number of nitriles is 1. The van der Waals surface area contributed by atoms with E-state index < -0.39 is 0 Å². The van der Waals surface area contributed by atoms with Gasteiger partial charge in [0.25, 0.3) is 0 Å². The van der Waals surface area contributed by atoms with Gasteiger partial charge in [0.15, 0.2) is 0 Å². The Hall–Kier alpha value is -2.52. The number of benzene rings is 1. The highest BCUT2D eigenvalue weighted by atomic mass is 32.2. The number of hydrogen-bond acceptors (Lipinski definition) is 5. The summed E-state index contributed by atoms with van der Waals surface area (Å²) in [6.45, 7) is 6.02. The molecule has 6 heteroatoms. The normalized spacial score (nSPS) is 11.5. The van der Waals surface area contributed by atoms with E-state index in [0.717, 1.165) is 22.6 Å². The summed E-state index contributed by atoms with van der Waals surface area (Å²) in [6.07, 6.45) is 0. The number of nitrogens with zero attached hydrogens (tertiary/aromatic N) is 2. The van der Waals surface area contributed by atoms with Gasteiger partial charge in [0.2, 0.25) is 5.91 Å². The molecule has 1 N–H and O–H groups in total. The minimum Gasteiger partial charge on any atom is -0.497 e. The Kier molecular flexibility index (Phi) is 6.43. The average Bonchev–Trinajstić information content (AvgIpc) is 2.59. The highest BCUT2D eigenvalue weighted by molar-refractivity contribution is 8.00. The van der Waals surface area contributed by atoms with Crippen molar-refractivity contribution in [1.82, 2.24) is 10.3 Å². The van der Waals surface area contributed by atoms with E-state index >= 15 is 0 Å². The summed E-state index contributed by atoms with van der Waals surface area (Å²) in [5.41, 5.74) is 3.24. The van der Waals surface area contributed by atoms with Crippen molar-refractivity contribution in [2.24, 2.45) is 0 Å². The van der Waals surface area contributed by atoms with Crippen LogP contribution in [0.2, 0.25) is 0 Å². The van der Waals surface area contributed by atoms with E-state index in [9.17, 15) is 10.1 Å². The predicted molar refractivity (Wildman–Crippen MR) is 98.6 cm³/mol. The number of methoxy groups -OCH3 is 1. The van der Waals surface area contributed by atoms with Gasteiger partial charge in [0.05, 0.1) is 17.9 Å². The van der Waals surface area contributed by atoms with Crippen LogP contribution in [0.15, 0.2) is 35.4 Å². The molecule has 5 nitrogen and oxygen atoms in total. The molecule has 2 aromatic rings. The van der Waals surface area contributed by atoms with Gasteiger partial charge in [0, 0.05) is 12.2 Å². The number of rotatable bonds is 6. The summed E-state index contributed by atoms with van der Waals surface area (Å²) in [7, 11) is 1.62. The number of aryl methyl sites for hydroxylation is 2. The number of carbonyl (C=O) groups excluding carboxylic acids is 1. The summed E-state index contributed by atoms with van der Waals surface area (Å²) in [4.78, 5) is 16.8. The van der Waals surface area contributed by atoms with Gasteiger partial charge in [-0.2, -0.15) is 5.26 Å². The summed E-state index contributed by atoms with van der Waals surface area (Å²) < 4.78 is 5.12. The number of aromatic nitrogens is 1. The smallest absolute Gasteiger partial charge is 0.233 e. The number of thioether (sulfide) groups is 1. The summed E-state index contributed by atoms with van der Waals surface area (Å²) >= 11 is 1.31. The van der Waals surface area contributed by atoms with Crippen molar-refractivity contribution in [2.75, 3.05) is 7.11 Å². The van der Waals surface area contributed by atoms with E-state index in [1.807, 2.05) is 51.1 Å². The van der Waals surface area contributed by atoms with E-state index in [4.69, 9.17) is 4.74 Å². The van der Waals surface area contributed by atoms with Crippen LogP contribution in [0.3, 0.4) is 0 Å². The Morgan fingerprint density at radius 1 is 1.36 bits per heavy atom. The third-order valence-corrected chi connectivity index (χ3v) is 4.79. The summed E-state index contributed by atoms with van der Waals surface area (Å²) in [6, 6.07) is 11.6. The lowest BCUT2D eigenvalue weighted by Gasteiger charge is -2.14. The fourth-order valence-corrected chi connectivity index (χ4v) is 3.37. The third kappa shape index (κ3) is 4.97. The van der Waals surface area contributed by atoms with Crippen LogP contribution in [0.25, 0.3) is 0 Å². The molecule has 0 aliphatic heterocycles. The summed E-state index contributed by atoms with van der Waals surface area (Å²) in [5.74, 6) is 0.689. The Labute approximate surface area is 152 Å². The third-order valence-electron chi connectivity index (χ3n) is 3.71. The van der Waals surface area contributed by atoms with Gasteiger partial charge < -0.3 is 10.1 Å². The van der Waals surface area contributed by atoms with E-state index in [-0.39, 0.29) is 11.2 Å². The number of amides is 1. The van der Waals surface area contributed by atoms with E-state index in [1.54, 1.807) is 7.11 Å². The molecule has 25 heavy (non-hydrogen) atoms. The van der Waals surface area contributed by atoms with Crippen molar-refractivity contribution in [1.29, 1.82) is 5.26 Å². The molecule has 1 aromatic carbocycles. The molecule has 0 bridgehead atoms. The number of nitrogens with one attached hydrogen (secondary N) is 1. The van der Waals surface area contributed by atoms with Crippen molar-refractivity contribution in [3.63, 3.8) is 0 Å². The minimum absolute atomic E-state index is 0.0920. The van der Waals surface area contributed by atoms with Crippen LogP contribution in [-0.4, -0.2) is 23.3 Å². The fourth-order valence-electron chi connectivity index (χ4n) is 2.32. The van der Waals surface area contributed by atoms with Gasteiger partial charge in [-0.1, -0.05) is 23.9 Å². The highest BCUT2D eigenvalue weighted by Gasteiger charge is 2.18. The van der Waals surface area contributed by atoms with Crippen LogP contribution in [0.5, 0.6) is 5.75 Å². The van der Waals surface area contributed by atoms with Crippen molar-refractivity contribution >= 4 is 17.7 Å². The van der Waals surface area contributed by atoms with Crippen LogP contribution in [0.4, 0.5) is 0 Å². The van der Waals surface area contributed by atoms with Gasteiger partial charge in [-0.25, -0.2) is 4.98 Å². The Morgan fingerprint density at radius 2 is 2.04 bits per heavy atom. The zero-order valence-electron chi connectivity index (χ0n) is 14.8. The number of ether oxygens (including phenoxy) is 1. The number of pyridine rings is 1. The Morgan fingerprint density at radius 3 is 2.64 bits per heavy atom. The van der Waals surface area contributed by atoms with E-state index in [1.165, 1.54) is 11.8 Å². The molecule has 0 aliphatic rings. The maximum absolute atomic E-state index is 12.3. The standard InChI is InChI=1S/C19H21N3O2S/c1-12-9-13(2)22-19(17(12)10-20)25-14(3)18(23)21-11-15-5-7-16(24-4)8-6-15/h5-9,14H,11H2,1-4H3,(H,21,23)/t14-/m0/s1. The molecule has 0 spiro atoms. The molecule has 0 aliphatic carbocycles. The van der Waals surface area contributed by atoms with Gasteiger partial charge in [0.1, 0.15) is 16.8 Å². The first-order valence-corrected chi connectivity index (χ1v) is 8.78. The van der Waals surface area contributed by atoms with Crippen LogP contribution in [0.1, 0.15) is 29.3 Å². The highest BCUT2D eigenvalue weighted by Crippen LogP contribution is 2.27. The first kappa shape index (κ1) is 18.8. The molecule has 0 saturated carbocycles. The van der Waals surface area contributed by atoms with Gasteiger partial charge in [-0.15, -0.1) is 0 Å². The zero-order chi connectivity index (χ0) is 18.4. The van der Waals surface area contributed by atoms with Crippen molar-refractivity contribution in [3.8, 4) is 11.8 Å². The van der Waals surface area contributed by atoms with Gasteiger partial charge >= 0.3 is 0 Å². The quantitative estimate of drug-likeness (QED) is 0.804. The first-order valence-electron chi connectivity index (χ1n) is 7.90. The lowest BCUT2D eigenvalue weighted by atomic mass is 10.1. The molecule has 1 heterocycles. The lowest BCUT2D eigenvalue weighted by molar-refractivity contribution is -0.120. The number of hydrogen-bond donors (Lipinski definition) is 1. The van der Waals surface area contributed by atoms with Crippen LogP contribution < -0.4 is 10.1 Å². The second kappa shape index (κ2) is 8.54. The van der Waals surface area contributed by atoms with Crippen molar-refractivity contribution in [3.05, 3.63) is 52.7 Å². The van der Waals surface area contributed by atoms with Crippen molar-refractivity contribution in [2.45, 2.75) is 37.6 Å². The monoisotopic (exact) mass is 355 g/mol. The molecule has 1 atom stereocenters. The lowest BCUT2D eigenvalue weighted by Crippen LogP contribution is -2.30. The second-order valence-corrected chi connectivity index (χ2v) is 7.03. The topological polar surface area (TPSA) is 75.0 Å². The molecule has 0 radical (unpaired) electrons. The zero-order valence-corrected chi connectivity index (χ0v) is 15.6. The Balaban J connectivity index is 1.99. The van der Waals surface area contributed by atoms with Crippen LogP contribution in [-0.2, 0) is 11.3 Å². The van der Waals surface area contributed by atoms with Crippen LogP contribution >= 0.6 is 11.8 Å². The van der Waals surface area contributed by atoms with Gasteiger partial charge in [-0.05, 0) is 50.1 Å². The van der Waals surface area contributed by atoms with Gasteiger partial charge in [-0.3, -0.25) is 4.79 Å². The van der Waals surface area contributed by atoms with Crippen molar-refractivity contribution < 1.29 is 9.53 Å². The fraction of sp³-hybridized carbons (Fsp3) is 0.316. The molecule has 130 valence electrons. The molecule has 0 fully saturated rings. The maximum atomic E-state index is 12.3. The predicted octanol–water partition coefficient (Wildman–Crippen LogP) is 3.38. The molecule has 1 amide bonds. The number of carbonyl (C=O) groups is 1. The minimum atomic E-state index is -0.348. The SMILES string of the molecule is COc1ccc(CNC(=O)[C@H](C)Sc2nc(C)cc(C)c2C#N)cc1. The molecule has 0 saturated heterocycles. The molecule has 2 rings (SSSR count). The molecule has 0 unspecified atom stereocenters. The summed E-state index contributed by atoms with van der Waals surface area (Å²) in [5, 5.41) is 12.5.